The van der Waals surface area contributed by atoms with Gasteiger partial charge < -0.3 is 14.8 Å². The maximum Gasteiger partial charge on any atom is 0.265 e. The molecule has 4 heteroatoms. The summed E-state index contributed by atoms with van der Waals surface area (Å²) in [5.41, 5.74) is 1.79. The second-order valence-corrected chi connectivity index (χ2v) is 5.44. The number of carbonyl (C=O) groups excluding carboxylic acids is 1. The first kappa shape index (κ1) is 16.9. The maximum atomic E-state index is 12.3. The van der Waals surface area contributed by atoms with Gasteiger partial charge in [0.15, 0.2) is 6.10 Å². The van der Waals surface area contributed by atoms with Crippen LogP contribution in [-0.4, -0.2) is 18.6 Å². The molecule has 0 saturated heterocycles. The number of benzene rings is 2. The predicted molar refractivity (Wildman–Crippen MR) is 92.1 cm³/mol. The third-order valence-electron chi connectivity index (χ3n) is 3.25. The minimum atomic E-state index is -0.586. The number of hydrogen-bond acceptors (Lipinski definition) is 3. The average Bonchev–Trinajstić information content (AvgIpc) is 2.53. The van der Waals surface area contributed by atoms with Crippen molar-refractivity contribution >= 4 is 11.6 Å². The lowest BCUT2D eigenvalue weighted by Gasteiger charge is -2.15. The number of rotatable bonds is 7. The lowest BCUT2D eigenvalue weighted by atomic mass is 10.2. The van der Waals surface area contributed by atoms with Crippen LogP contribution in [0, 0.1) is 6.92 Å². The fourth-order valence-corrected chi connectivity index (χ4v) is 2.07. The molecule has 0 saturated carbocycles. The molecule has 0 bridgehead atoms. The van der Waals surface area contributed by atoms with E-state index in [9.17, 15) is 4.79 Å². The summed E-state index contributed by atoms with van der Waals surface area (Å²) in [5, 5.41) is 2.85. The van der Waals surface area contributed by atoms with Crippen LogP contribution >= 0.6 is 0 Å². The zero-order chi connectivity index (χ0) is 16.7. The van der Waals surface area contributed by atoms with Gasteiger partial charge in [-0.05, 0) is 50.1 Å². The van der Waals surface area contributed by atoms with E-state index in [1.165, 1.54) is 0 Å². The number of aryl methyl sites for hydroxylation is 1. The van der Waals surface area contributed by atoms with Crippen molar-refractivity contribution in [3.63, 3.8) is 0 Å². The molecule has 0 radical (unpaired) electrons. The largest absolute Gasteiger partial charge is 0.494 e. The molecular weight excluding hydrogens is 290 g/mol. The number of anilines is 1. The van der Waals surface area contributed by atoms with E-state index >= 15 is 0 Å². The van der Waals surface area contributed by atoms with Crippen molar-refractivity contribution in [2.75, 3.05) is 11.9 Å². The highest BCUT2D eigenvalue weighted by Gasteiger charge is 2.15. The quantitative estimate of drug-likeness (QED) is 0.833. The van der Waals surface area contributed by atoms with E-state index in [4.69, 9.17) is 9.47 Å². The summed E-state index contributed by atoms with van der Waals surface area (Å²) in [6, 6.07) is 15.0. The Morgan fingerprint density at radius 1 is 1.13 bits per heavy atom. The number of hydrogen-bond donors (Lipinski definition) is 1. The first-order valence-electron chi connectivity index (χ1n) is 7.85. The summed E-state index contributed by atoms with van der Waals surface area (Å²) in [4.78, 5) is 12.3. The molecule has 2 aromatic rings. The van der Waals surface area contributed by atoms with Crippen LogP contribution in [0.5, 0.6) is 11.5 Å². The molecule has 1 atom stereocenters. The van der Waals surface area contributed by atoms with Crippen LogP contribution in [0.2, 0.25) is 0 Å². The molecule has 1 N–H and O–H groups in total. The maximum absolute atomic E-state index is 12.3. The summed E-state index contributed by atoms with van der Waals surface area (Å²) < 4.78 is 11.2. The average molecular weight is 313 g/mol. The minimum absolute atomic E-state index is 0.195. The Morgan fingerprint density at radius 3 is 2.61 bits per heavy atom. The molecule has 0 spiro atoms. The fourth-order valence-electron chi connectivity index (χ4n) is 2.07. The van der Waals surface area contributed by atoms with Crippen molar-refractivity contribution in [1.82, 2.24) is 0 Å². The highest BCUT2D eigenvalue weighted by Crippen LogP contribution is 2.19. The first-order chi connectivity index (χ1) is 11.1. The van der Waals surface area contributed by atoms with Crippen LogP contribution in [-0.2, 0) is 4.79 Å². The van der Waals surface area contributed by atoms with Gasteiger partial charge in [0.25, 0.3) is 5.91 Å². The highest BCUT2D eigenvalue weighted by atomic mass is 16.5. The smallest absolute Gasteiger partial charge is 0.265 e. The molecule has 122 valence electrons. The molecule has 4 nitrogen and oxygen atoms in total. The Balaban J connectivity index is 1.95. The van der Waals surface area contributed by atoms with Crippen LogP contribution in [0.1, 0.15) is 25.8 Å². The number of carbonyl (C=O) groups is 1. The van der Waals surface area contributed by atoms with Crippen LogP contribution in [0.3, 0.4) is 0 Å². The second kappa shape index (κ2) is 8.22. The van der Waals surface area contributed by atoms with Crippen molar-refractivity contribution in [3.05, 3.63) is 54.1 Å². The van der Waals surface area contributed by atoms with Gasteiger partial charge in [-0.3, -0.25) is 4.79 Å². The Kier molecular flexibility index (Phi) is 6.03. The Hall–Kier alpha value is -2.49. The zero-order valence-corrected chi connectivity index (χ0v) is 13.8. The topological polar surface area (TPSA) is 47.6 Å². The summed E-state index contributed by atoms with van der Waals surface area (Å²) in [6.07, 6.45) is 0.356. The van der Waals surface area contributed by atoms with Gasteiger partial charge in [0.2, 0.25) is 0 Å². The van der Waals surface area contributed by atoms with E-state index in [-0.39, 0.29) is 5.91 Å². The van der Waals surface area contributed by atoms with E-state index in [1.807, 2.05) is 55.5 Å². The third-order valence-corrected chi connectivity index (χ3v) is 3.25. The van der Waals surface area contributed by atoms with Gasteiger partial charge in [-0.2, -0.15) is 0 Å². The SMILES string of the molecule is CCCOc1cccc(NC(=O)C(C)Oc2cccc(C)c2)c1. The molecule has 23 heavy (non-hydrogen) atoms. The van der Waals surface area contributed by atoms with Gasteiger partial charge in [0.1, 0.15) is 11.5 Å². The van der Waals surface area contributed by atoms with Crippen LogP contribution in [0.15, 0.2) is 48.5 Å². The van der Waals surface area contributed by atoms with Crippen molar-refractivity contribution in [2.24, 2.45) is 0 Å². The zero-order valence-electron chi connectivity index (χ0n) is 13.8. The van der Waals surface area contributed by atoms with Crippen molar-refractivity contribution in [2.45, 2.75) is 33.3 Å². The van der Waals surface area contributed by atoms with Gasteiger partial charge in [-0.1, -0.05) is 25.1 Å². The minimum Gasteiger partial charge on any atom is -0.494 e. The monoisotopic (exact) mass is 313 g/mol. The van der Waals surface area contributed by atoms with Crippen molar-refractivity contribution in [1.29, 1.82) is 0 Å². The summed E-state index contributed by atoms with van der Waals surface area (Å²) in [7, 11) is 0. The van der Waals surface area contributed by atoms with Gasteiger partial charge >= 0.3 is 0 Å². The fraction of sp³-hybridized carbons (Fsp3) is 0.316. The highest BCUT2D eigenvalue weighted by molar-refractivity contribution is 5.94. The van der Waals surface area contributed by atoms with Gasteiger partial charge in [-0.25, -0.2) is 0 Å². The Bertz CT molecular complexity index is 655. The van der Waals surface area contributed by atoms with E-state index in [1.54, 1.807) is 6.92 Å². The van der Waals surface area contributed by atoms with Crippen LogP contribution in [0.4, 0.5) is 5.69 Å². The third kappa shape index (κ3) is 5.33. The van der Waals surface area contributed by atoms with E-state index in [2.05, 4.69) is 12.2 Å². The second-order valence-electron chi connectivity index (χ2n) is 5.44. The van der Waals surface area contributed by atoms with Gasteiger partial charge in [-0.15, -0.1) is 0 Å². The lowest BCUT2D eigenvalue weighted by molar-refractivity contribution is -0.122. The van der Waals surface area contributed by atoms with Gasteiger partial charge in [0, 0.05) is 11.8 Å². The molecule has 2 rings (SSSR count). The van der Waals surface area contributed by atoms with E-state index in [0.717, 1.165) is 17.7 Å². The van der Waals surface area contributed by atoms with Crippen molar-refractivity contribution < 1.29 is 14.3 Å². The normalized spacial score (nSPS) is 11.6. The lowest BCUT2D eigenvalue weighted by Crippen LogP contribution is -2.30. The summed E-state index contributed by atoms with van der Waals surface area (Å²) in [5.74, 6) is 1.24. The number of amides is 1. The Morgan fingerprint density at radius 2 is 1.87 bits per heavy atom. The molecule has 0 aliphatic carbocycles. The molecular formula is C19H23NO3. The van der Waals surface area contributed by atoms with Gasteiger partial charge in [0.05, 0.1) is 6.61 Å². The summed E-state index contributed by atoms with van der Waals surface area (Å²) in [6.45, 7) is 6.43. The molecule has 0 fully saturated rings. The number of nitrogens with one attached hydrogen (secondary N) is 1. The van der Waals surface area contributed by atoms with E-state index in [0.29, 0.717) is 18.0 Å². The standard InChI is InChI=1S/C19H23NO3/c1-4-11-22-17-9-6-8-16(13-17)20-19(21)15(3)23-18-10-5-7-14(2)12-18/h5-10,12-13,15H,4,11H2,1-3H3,(H,20,21). The van der Waals surface area contributed by atoms with Crippen LogP contribution < -0.4 is 14.8 Å². The molecule has 0 aliphatic heterocycles. The predicted octanol–water partition coefficient (Wildman–Crippen LogP) is 4.19. The van der Waals surface area contributed by atoms with E-state index < -0.39 is 6.10 Å². The molecule has 1 amide bonds. The molecule has 1 unspecified atom stereocenters. The number of ether oxygens (including phenoxy) is 2. The first-order valence-corrected chi connectivity index (χ1v) is 7.85. The molecule has 2 aromatic carbocycles. The van der Waals surface area contributed by atoms with Crippen LogP contribution in [0.25, 0.3) is 0 Å². The van der Waals surface area contributed by atoms with Crippen molar-refractivity contribution in [3.8, 4) is 11.5 Å². The molecule has 0 aromatic heterocycles. The molecule has 0 aliphatic rings. The summed E-state index contributed by atoms with van der Waals surface area (Å²) >= 11 is 0. The Labute approximate surface area is 137 Å². The molecule has 0 heterocycles.